The summed E-state index contributed by atoms with van der Waals surface area (Å²) in [5.41, 5.74) is 8.33. The van der Waals surface area contributed by atoms with Gasteiger partial charge in [-0.2, -0.15) is 0 Å². The van der Waals surface area contributed by atoms with Crippen LogP contribution in [0.5, 0.6) is 0 Å². The molecule has 2 unspecified atom stereocenters. The molecule has 1 heterocycles. The summed E-state index contributed by atoms with van der Waals surface area (Å²) in [5, 5.41) is 0. The van der Waals surface area contributed by atoms with Crippen LogP contribution in [0.1, 0.15) is 18.9 Å². The van der Waals surface area contributed by atoms with Gasteiger partial charge in [-0.3, -0.25) is 4.90 Å². The van der Waals surface area contributed by atoms with Crippen molar-refractivity contribution in [2.45, 2.75) is 32.4 Å². The minimum Gasteiger partial charge on any atom is -0.368 e. The molecule has 0 radical (unpaired) electrons. The predicted octanol–water partition coefficient (Wildman–Crippen LogP) is 2.62. The fourth-order valence-electron chi connectivity index (χ4n) is 2.74. The lowest BCUT2D eigenvalue weighted by Gasteiger charge is -2.45. The van der Waals surface area contributed by atoms with E-state index in [0.29, 0.717) is 12.1 Å². The van der Waals surface area contributed by atoms with Crippen molar-refractivity contribution in [1.82, 2.24) is 4.90 Å². The molecule has 3 nitrogen and oxygen atoms in total. The highest BCUT2D eigenvalue weighted by Crippen LogP contribution is 2.27. The molecule has 2 atom stereocenters. The molecule has 2 N–H and O–H groups in total. The lowest BCUT2D eigenvalue weighted by Crippen LogP contribution is -2.56. The van der Waals surface area contributed by atoms with Crippen LogP contribution >= 0.6 is 15.9 Å². The van der Waals surface area contributed by atoms with Crippen LogP contribution in [-0.2, 0) is 0 Å². The average molecular weight is 326 g/mol. The van der Waals surface area contributed by atoms with E-state index in [0.717, 1.165) is 26.1 Å². The molecular formula is C15H24BrN3. The zero-order valence-electron chi connectivity index (χ0n) is 12.1. The Hall–Kier alpha value is -0.580. The molecule has 1 aliphatic heterocycles. The Morgan fingerprint density at radius 3 is 2.74 bits per heavy atom. The molecule has 1 aromatic rings. The van der Waals surface area contributed by atoms with Crippen molar-refractivity contribution >= 4 is 21.6 Å². The van der Waals surface area contributed by atoms with Gasteiger partial charge in [0.1, 0.15) is 0 Å². The van der Waals surface area contributed by atoms with E-state index in [1.165, 1.54) is 15.7 Å². The van der Waals surface area contributed by atoms with Crippen LogP contribution in [0, 0.1) is 6.92 Å². The van der Waals surface area contributed by atoms with Gasteiger partial charge in [0.15, 0.2) is 0 Å². The third kappa shape index (κ3) is 3.30. The van der Waals surface area contributed by atoms with Gasteiger partial charge in [-0.1, -0.05) is 22.0 Å². The topological polar surface area (TPSA) is 32.5 Å². The van der Waals surface area contributed by atoms with E-state index in [1.807, 2.05) is 0 Å². The highest BCUT2D eigenvalue weighted by Gasteiger charge is 2.29. The number of halogens is 1. The summed E-state index contributed by atoms with van der Waals surface area (Å²) in [6, 6.07) is 7.74. The summed E-state index contributed by atoms with van der Waals surface area (Å²) >= 11 is 3.63. The van der Waals surface area contributed by atoms with E-state index in [4.69, 9.17) is 5.73 Å². The molecule has 1 saturated heterocycles. The van der Waals surface area contributed by atoms with Crippen molar-refractivity contribution in [3.05, 3.63) is 28.2 Å². The normalized spacial score (nSPS) is 24.8. The number of nitrogens with two attached hydrogens (primary N) is 1. The second-order valence-corrected chi connectivity index (χ2v) is 6.44. The van der Waals surface area contributed by atoms with Crippen molar-refractivity contribution in [3.8, 4) is 0 Å². The molecule has 0 saturated carbocycles. The number of aryl methyl sites for hydroxylation is 1. The highest BCUT2D eigenvalue weighted by molar-refractivity contribution is 9.10. The van der Waals surface area contributed by atoms with E-state index in [2.05, 4.69) is 64.8 Å². The Morgan fingerprint density at radius 2 is 2.11 bits per heavy atom. The smallest absolute Gasteiger partial charge is 0.0378 e. The Bertz CT molecular complexity index is 435. The Labute approximate surface area is 124 Å². The standard InChI is InChI=1S/C15H24BrN3/c1-11-4-5-13(8-15(11)16)19-9-12(2)18(3)14(10-19)6-7-17/h4-5,8,12,14H,6-7,9-10,17H2,1-3H3. The van der Waals surface area contributed by atoms with Crippen LogP contribution in [0.3, 0.4) is 0 Å². The van der Waals surface area contributed by atoms with Crippen LogP contribution in [0.4, 0.5) is 5.69 Å². The van der Waals surface area contributed by atoms with Gasteiger partial charge in [0.25, 0.3) is 0 Å². The van der Waals surface area contributed by atoms with Gasteiger partial charge in [-0.25, -0.2) is 0 Å². The van der Waals surface area contributed by atoms with Gasteiger partial charge in [0, 0.05) is 35.3 Å². The minimum absolute atomic E-state index is 0.550. The molecule has 4 heteroatoms. The van der Waals surface area contributed by atoms with Crippen molar-refractivity contribution in [2.24, 2.45) is 5.73 Å². The predicted molar refractivity (Wildman–Crippen MR) is 85.8 cm³/mol. The Balaban J connectivity index is 2.17. The number of benzene rings is 1. The first-order valence-electron chi connectivity index (χ1n) is 6.96. The van der Waals surface area contributed by atoms with Gasteiger partial charge in [-0.05, 0) is 51.6 Å². The number of rotatable bonds is 3. The van der Waals surface area contributed by atoms with Crippen LogP contribution in [0.15, 0.2) is 22.7 Å². The molecule has 0 amide bonds. The fraction of sp³-hybridized carbons (Fsp3) is 0.600. The number of anilines is 1. The summed E-state index contributed by atoms with van der Waals surface area (Å²) < 4.78 is 1.19. The van der Waals surface area contributed by atoms with Crippen LogP contribution < -0.4 is 10.6 Å². The first-order chi connectivity index (χ1) is 9.02. The lowest BCUT2D eigenvalue weighted by molar-refractivity contribution is 0.152. The highest BCUT2D eigenvalue weighted by atomic mass is 79.9. The molecule has 106 valence electrons. The number of nitrogens with zero attached hydrogens (tertiary/aromatic N) is 2. The van der Waals surface area contributed by atoms with E-state index >= 15 is 0 Å². The molecule has 0 aromatic heterocycles. The Kier molecular flexibility index (Phi) is 4.87. The molecule has 0 spiro atoms. The molecule has 1 aliphatic rings. The third-order valence-corrected chi connectivity index (χ3v) is 5.06. The van der Waals surface area contributed by atoms with Gasteiger partial charge >= 0.3 is 0 Å². The maximum Gasteiger partial charge on any atom is 0.0378 e. The van der Waals surface area contributed by atoms with E-state index in [-0.39, 0.29) is 0 Å². The molecule has 1 fully saturated rings. The summed E-state index contributed by atoms with van der Waals surface area (Å²) in [5.74, 6) is 0. The summed E-state index contributed by atoms with van der Waals surface area (Å²) in [7, 11) is 2.22. The van der Waals surface area contributed by atoms with Crippen molar-refractivity contribution < 1.29 is 0 Å². The van der Waals surface area contributed by atoms with Gasteiger partial charge in [0.2, 0.25) is 0 Å². The lowest BCUT2D eigenvalue weighted by atomic mass is 10.0. The first kappa shape index (κ1) is 14.8. The van der Waals surface area contributed by atoms with Crippen LogP contribution in [0.2, 0.25) is 0 Å². The maximum atomic E-state index is 5.74. The molecule has 0 aliphatic carbocycles. The minimum atomic E-state index is 0.550. The molecule has 0 bridgehead atoms. The van der Waals surface area contributed by atoms with Crippen LogP contribution in [0.25, 0.3) is 0 Å². The SMILES string of the molecule is Cc1ccc(N2CC(C)N(C)C(CCN)C2)cc1Br. The zero-order chi connectivity index (χ0) is 14.0. The summed E-state index contributed by atoms with van der Waals surface area (Å²) in [4.78, 5) is 4.95. The second kappa shape index (κ2) is 6.25. The van der Waals surface area contributed by atoms with Gasteiger partial charge in [-0.15, -0.1) is 0 Å². The number of hydrogen-bond donors (Lipinski definition) is 1. The van der Waals surface area contributed by atoms with Crippen molar-refractivity contribution in [3.63, 3.8) is 0 Å². The average Bonchev–Trinajstić information content (AvgIpc) is 2.38. The largest absolute Gasteiger partial charge is 0.368 e. The van der Waals surface area contributed by atoms with E-state index in [9.17, 15) is 0 Å². The number of hydrogen-bond acceptors (Lipinski definition) is 3. The van der Waals surface area contributed by atoms with Crippen molar-refractivity contribution in [1.29, 1.82) is 0 Å². The van der Waals surface area contributed by atoms with E-state index < -0.39 is 0 Å². The maximum absolute atomic E-state index is 5.74. The number of likely N-dealkylation sites (N-methyl/N-ethyl adjacent to an activating group) is 1. The molecule has 19 heavy (non-hydrogen) atoms. The first-order valence-corrected chi connectivity index (χ1v) is 7.75. The zero-order valence-corrected chi connectivity index (χ0v) is 13.7. The fourth-order valence-corrected chi connectivity index (χ4v) is 3.11. The molecular weight excluding hydrogens is 302 g/mol. The molecule has 1 aromatic carbocycles. The third-order valence-electron chi connectivity index (χ3n) is 4.21. The van der Waals surface area contributed by atoms with Gasteiger partial charge < -0.3 is 10.6 Å². The summed E-state index contributed by atoms with van der Waals surface area (Å²) in [6.45, 7) is 7.31. The van der Waals surface area contributed by atoms with Crippen LogP contribution in [-0.4, -0.2) is 43.7 Å². The summed E-state index contributed by atoms with van der Waals surface area (Å²) in [6.07, 6.45) is 1.06. The molecule has 2 rings (SSSR count). The van der Waals surface area contributed by atoms with E-state index in [1.54, 1.807) is 0 Å². The van der Waals surface area contributed by atoms with Gasteiger partial charge in [0.05, 0.1) is 0 Å². The Morgan fingerprint density at radius 1 is 1.37 bits per heavy atom. The van der Waals surface area contributed by atoms with Crippen molar-refractivity contribution in [2.75, 3.05) is 31.6 Å². The number of piperazine rings is 1. The quantitative estimate of drug-likeness (QED) is 0.927. The monoisotopic (exact) mass is 325 g/mol. The second-order valence-electron chi connectivity index (χ2n) is 5.58.